The van der Waals surface area contributed by atoms with Crippen LogP contribution in [0.3, 0.4) is 0 Å². The number of amides is 3. The largest absolute Gasteiger partial charge is 0.373 e. The van der Waals surface area contributed by atoms with Crippen LogP contribution in [0.25, 0.3) is 0 Å². The molecule has 2 aliphatic rings. The van der Waals surface area contributed by atoms with Gasteiger partial charge in [-0.15, -0.1) is 0 Å². The van der Waals surface area contributed by atoms with Crippen LogP contribution in [0.1, 0.15) is 46.5 Å². The lowest BCUT2D eigenvalue weighted by atomic mass is 10.1. The number of carbonyl (C=O) groups is 3. The molecule has 0 saturated carbocycles. The Bertz CT molecular complexity index is 906. The van der Waals surface area contributed by atoms with Crippen molar-refractivity contribution in [3.63, 3.8) is 0 Å². The minimum atomic E-state index is -0.586. The molecule has 3 rings (SSSR count). The molecule has 3 amide bonds. The number of hydrogen-bond donors (Lipinski definition) is 2. The van der Waals surface area contributed by atoms with Crippen molar-refractivity contribution < 1.29 is 14.4 Å². The number of benzene rings is 1. The van der Waals surface area contributed by atoms with E-state index >= 15 is 0 Å². The lowest BCUT2D eigenvalue weighted by Crippen LogP contribution is -2.49. The summed E-state index contributed by atoms with van der Waals surface area (Å²) in [5, 5.41) is 5.46. The van der Waals surface area contributed by atoms with Gasteiger partial charge in [0.15, 0.2) is 0 Å². The average Bonchev–Trinajstić information content (AvgIpc) is 2.99. The molecule has 0 aliphatic carbocycles. The van der Waals surface area contributed by atoms with E-state index in [1.165, 1.54) is 12.5 Å². The third-order valence-corrected chi connectivity index (χ3v) is 5.92. The monoisotopic (exact) mass is 452 g/mol. The number of rotatable bonds is 5. The fourth-order valence-corrected chi connectivity index (χ4v) is 4.09. The topological polar surface area (TPSA) is 81.8 Å². The third-order valence-electron chi connectivity index (χ3n) is 5.31. The van der Waals surface area contributed by atoms with Gasteiger partial charge >= 0.3 is 0 Å². The van der Waals surface area contributed by atoms with E-state index in [-0.39, 0.29) is 34.9 Å². The summed E-state index contributed by atoms with van der Waals surface area (Å²) in [6.45, 7) is 6.97. The number of anilines is 2. The Labute approximate surface area is 186 Å². The van der Waals surface area contributed by atoms with Crippen LogP contribution in [0.2, 0.25) is 10.0 Å². The van der Waals surface area contributed by atoms with E-state index in [4.69, 9.17) is 23.2 Å². The van der Waals surface area contributed by atoms with Gasteiger partial charge in [-0.3, -0.25) is 19.8 Å². The SMILES string of the molecule is CC(C)=C1CC(=O)N(c2cc(NC(C)C(=O)NN3CCCCC3)c(Cl)cc2Cl)C1=O. The van der Waals surface area contributed by atoms with E-state index in [9.17, 15) is 14.4 Å². The number of nitrogens with one attached hydrogen (secondary N) is 2. The summed E-state index contributed by atoms with van der Waals surface area (Å²) in [4.78, 5) is 38.8. The summed E-state index contributed by atoms with van der Waals surface area (Å²) in [5.41, 5.74) is 4.84. The number of piperidine rings is 1. The number of nitrogens with zero attached hydrogens (tertiary/aromatic N) is 2. The molecule has 9 heteroatoms. The molecule has 1 aromatic rings. The minimum absolute atomic E-state index is 0.0392. The van der Waals surface area contributed by atoms with Crippen LogP contribution < -0.4 is 15.6 Å². The highest BCUT2D eigenvalue weighted by Crippen LogP contribution is 2.38. The van der Waals surface area contributed by atoms with Crippen molar-refractivity contribution in [2.75, 3.05) is 23.3 Å². The number of hydrazine groups is 1. The normalized spacial score (nSPS) is 18.6. The van der Waals surface area contributed by atoms with E-state index < -0.39 is 6.04 Å². The van der Waals surface area contributed by atoms with Crippen molar-refractivity contribution in [3.05, 3.63) is 33.3 Å². The lowest BCUT2D eigenvalue weighted by molar-refractivity contribution is -0.127. The van der Waals surface area contributed by atoms with Gasteiger partial charge < -0.3 is 5.32 Å². The van der Waals surface area contributed by atoms with Crippen LogP contribution in [0.4, 0.5) is 11.4 Å². The highest BCUT2D eigenvalue weighted by atomic mass is 35.5. The van der Waals surface area contributed by atoms with E-state index in [0.717, 1.165) is 36.4 Å². The summed E-state index contributed by atoms with van der Waals surface area (Å²) in [7, 11) is 0. The number of allylic oxidation sites excluding steroid dienone is 1. The maximum Gasteiger partial charge on any atom is 0.261 e. The van der Waals surface area contributed by atoms with Crippen LogP contribution in [0.15, 0.2) is 23.3 Å². The molecule has 1 unspecified atom stereocenters. The number of imide groups is 1. The number of hydrogen-bond acceptors (Lipinski definition) is 5. The Kier molecular flexibility index (Phi) is 7.06. The smallest absolute Gasteiger partial charge is 0.261 e. The summed E-state index contributed by atoms with van der Waals surface area (Å²) < 4.78 is 0. The predicted octanol–water partition coefficient (Wildman–Crippen LogP) is 3.91. The highest BCUT2D eigenvalue weighted by molar-refractivity contribution is 6.40. The van der Waals surface area contributed by atoms with Gasteiger partial charge in [-0.05, 0) is 45.7 Å². The van der Waals surface area contributed by atoms with Crippen molar-refractivity contribution in [2.45, 2.75) is 52.5 Å². The Morgan fingerprint density at radius 1 is 1.07 bits per heavy atom. The first-order valence-electron chi connectivity index (χ1n) is 10.0. The van der Waals surface area contributed by atoms with E-state index in [1.807, 2.05) is 5.01 Å². The van der Waals surface area contributed by atoms with Crippen molar-refractivity contribution in [2.24, 2.45) is 0 Å². The zero-order chi connectivity index (χ0) is 22.0. The second kappa shape index (κ2) is 9.37. The Morgan fingerprint density at radius 3 is 2.33 bits per heavy atom. The fraction of sp³-hybridized carbons (Fsp3) is 0.476. The molecule has 0 spiro atoms. The van der Waals surface area contributed by atoms with Gasteiger partial charge in [-0.2, -0.15) is 0 Å². The molecule has 1 atom stereocenters. The van der Waals surface area contributed by atoms with Crippen LogP contribution in [0.5, 0.6) is 0 Å². The minimum Gasteiger partial charge on any atom is -0.373 e. The van der Waals surface area contributed by atoms with E-state index in [2.05, 4.69) is 10.7 Å². The third kappa shape index (κ3) is 4.79. The zero-order valence-electron chi connectivity index (χ0n) is 17.3. The Hall–Kier alpha value is -2.09. The number of halogens is 2. The molecule has 2 aliphatic heterocycles. The van der Waals surface area contributed by atoms with Gasteiger partial charge in [-0.1, -0.05) is 35.2 Å². The molecule has 0 radical (unpaired) electrons. The van der Waals surface area contributed by atoms with Crippen molar-refractivity contribution in [3.8, 4) is 0 Å². The van der Waals surface area contributed by atoms with Crippen molar-refractivity contribution >= 4 is 52.3 Å². The molecule has 0 bridgehead atoms. The van der Waals surface area contributed by atoms with Gasteiger partial charge in [0.1, 0.15) is 6.04 Å². The maximum absolute atomic E-state index is 12.7. The molecule has 0 aromatic heterocycles. The molecular weight excluding hydrogens is 427 g/mol. The molecule has 30 heavy (non-hydrogen) atoms. The van der Waals surface area contributed by atoms with Crippen LogP contribution in [0, 0.1) is 0 Å². The Balaban J connectivity index is 1.80. The van der Waals surface area contributed by atoms with Gasteiger partial charge in [0.2, 0.25) is 5.91 Å². The number of carbonyl (C=O) groups excluding carboxylic acids is 3. The maximum atomic E-state index is 12.7. The van der Waals surface area contributed by atoms with Crippen LogP contribution in [-0.4, -0.2) is 41.9 Å². The fourth-order valence-electron chi connectivity index (χ4n) is 3.57. The first-order chi connectivity index (χ1) is 14.2. The average molecular weight is 453 g/mol. The van der Waals surface area contributed by atoms with Gasteiger partial charge in [0, 0.05) is 18.7 Å². The van der Waals surface area contributed by atoms with E-state index in [0.29, 0.717) is 16.3 Å². The van der Waals surface area contributed by atoms with Crippen LogP contribution in [-0.2, 0) is 14.4 Å². The predicted molar refractivity (Wildman–Crippen MR) is 119 cm³/mol. The summed E-state index contributed by atoms with van der Waals surface area (Å²) >= 11 is 12.6. The first-order valence-corrected chi connectivity index (χ1v) is 10.8. The standard InChI is InChI=1S/C21H26Cl2N4O3/c1-12(2)14-9-19(28)27(21(14)30)18-11-17(15(22)10-16(18)23)24-13(3)20(29)25-26-7-5-4-6-8-26/h10-11,13,24H,4-9H2,1-3H3,(H,25,29). The summed E-state index contributed by atoms with van der Waals surface area (Å²) in [6, 6.07) is 2.42. The molecule has 2 fully saturated rings. The lowest BCUT2D eigenvalue weighted by Gasteiger charge is -2.28. The van der Waals surface area contributed by atoms with E-state index in [1.54, 1.807) is 26.8 Å². The van der Waals surface area contributed by atoms with Gasteiger partial charge in [0.05, 0.1) is 27.8 Å². The van der Waals surface area contributed by atoms with Gasteiger partial charge in [0.25, 0.3) is 11.8 Å². The second-order valence-electron chi connectivity index (χ2n) is 7.86. The summed E-state index contributed by atoms with van der Waals surface area (Å²) in [6.07, 6.45) is 3.32. The quantitative estimate of drug-likeness (QED) is 0.522. The van der Waals surface area contributed by atoms with Crippen molar-refractivity contribution in [1.82, 2.24) is 10.4 Å². The molecule has 7 nitrogen and oxygen atoms in total. The molecule has 1 aromatic carbocycles. The molecule has 2 saturated heterocycles. The van der Waals surface area contributed by atoms with Crippen LogP contribution >= 0.6 is 23.2 Å². The second-order valence-corrected chi connectivity index (χ2v) is 8.68. The molecule has 162 valence electrons. The molecule has 2 N–H and O–H groups in total. The Morgan fingerprint density at radius 2 is 1.73 bits per heavy atom. The van der Waals surface area contributed by atoms with Crippen molar-refractivity contribution in [1.29, 1.82) is 0 Å². The summed E-state index contributed by atoms with van der Waals surface area (Å²) in [5.74, 6) is -0.919. The zero-order valence-corrected chi connectivity index (χ0v) is 18.9. The van der Waals surface area contributed by atoms with Gasteiger partial charge in [-0.25, -0.2) is 9.91 Å². The highest BCUT2D eigenvalue weighted by Gasteiger charge is 2.37. The molecular formula is C21H26Cl2N4O3. The molecule has 2 heterocycles. The first kappa shape index (κ1) is 22.6.